The normalized spacial score (nSPS) is 20.7. The standard InChI is InChI=1S/C11H19F3N2O4S/c1-10(2,3)20-9(17)16-5-4-8(7-16)6-15-21(18,19)11(12,13)14/h8,15H,4-7H2,1-3H3. The van der Waals surface area contributed by atoms with Gasteiger partial charge in [-0.2, -0.15) is 13.2 Å². The molecule has 1 aliphatic rings. The van der Waals surface area contributed by atoms with Crippen molar-refractivity contribution in [1.29, 1.82) is 0 Å². The highest BCUT2D eigenvalue weighted by molar-refractivity contribution is 7.90. The van der Waals surface area contributed by atoms with Gasteiger partial charge >= 0.3 is 21.6 Å². The van der Waals surface area contributed by atoms with Crippen molar-refractivity contribution in [1.82, 2.24) is 9.62 Å². The van der Waals surface area contributed by atoms with Crippen molar-refractivity contribution >= 4 is 16.1 Å². The lowest BCUT2D eigenvalue weighted by molar-refractivity contribution is -0.0448. The van der Waals surface area contributed by atoms with E-state index in [0.29, 0.717) is 13.0 Å². The van der Waals surface area contributed by atoms with Gasteiger partial charge in [-0.15, -0.1) is 0 Å². The third-order valence-corrected chi connectivity index (χ3v) is 3.96. The molecule has 1 rings (SSSR count). The maximum Gasteiger partial charge on any atom is 0.511 e. The van der Waals surface area contributed by atoms with Crippen molar-refractivity contribution in [2.24, 2.45) is 5.92 Å². The summed E-state index contributed by atoms with van der Waals surface area (Å²) in [4.78, 5) is 13.1. The van der Waals surface area contributed by atoms with Crippen LogP contribution in [0.15, 0.2) is 0 Å². The lowest BCUT2D eigenvalue weighted by Gasteiger charge is -2.24. The van der Waals surface area contributed by atoms with E-state index >= 15 is 0 Å². The van der Waals surface area contributed by atoms with E-state index in [0.717, 1.165) is 0 Å². The zero-order valence-corrected chi connectivity index (χ0v) is 12.8. The molecule has 1 aliphatic heterocycles. The molecule has 0 aromatic rings. The van der Waals surface area contributed by atoms with E-state index in [9.17, 15) is 26.4 Å². The van der Waals surface area contributed by atoms with Crippen LogP contribution in [-0.2, 0) is 14.8 Å². The van der Waals surface area contributed by atoms with E-state index in [4.69, 9.17) is 4.74 Å². The number of hydrogen-bond donors (Lipinski definition) is 1. The van der Waals surface area contributed by atoms with Crippen LogP contribution < -0.4 is 4.72 Å². The Kier molecular flexibility index (Phi) is 5.14. The summed E-state index contributed by atoms with van der Waals surface area (Å²) in [6, 6.07) is 0. The molecule has 21 heavy (non-hydrogen) atoms. The minimum absolute atomic E-state index is 0.162. The van der Waals surface area contributed by atoms with Crippen molar-refractivity contribution in [3.05, 3.63) is 0 Å². The van der Waals surface area contributed by atoms with Gasteiger partial charge in [0.15, 0.2) is 0 Å². The molecule has 1 unspecified atom stereocenters. The zero-order chi connectivity index (χ0) is 16.5. The highest BCUT2D eigenvalue weighted by Gasteiger charge is 2.46. The van der Waals surface area contributed by atoms with E-state index in [1.54, 1.807) is 20.8 Å². The van der Waals surface area contributed by atoms with Gasteiger partial charge in [-0.3, -0.25) is 0 Å². The van der Waals surface area contributed by atoms with Crippen molar-refractivity contribution in [2.45, 2.75) is 38.3 Å². The molecular formula is C11H19F3N2O4S. The summed E-state index contributed by atoms with van der Waals surface area (Å²) in [5.41, 5.74) is -5.98. The minimum atomic E-state index is -5.34. The number of halogens is 3. The first kappa shape index (κ1) is 18.0. The maximum absolute atomic E-state index is 12.2. The molecule has 0 saturated carbocycles. The Balaban J connectivity index is 2.48. The Labute approximate surface area is 121 Å². The molecule has 0 spiro atoms. The average molecular weight is 332 g/mol. The van der Waals surface area contributed by atoms with Crippen molar-refractivity contribution in [3.63, 3.8) is 0 Å². The first-order valence-electron chi connectivity index (χ1n) is 6.36. The summed E-state index contributed by atoms with van der Waals surface area (Å²) in [6.45, 7) is 5.24. The number of likely N-dealkylation sites (tertiary alicyclic amines) is 1. The summed E-state index contributed by atoms with van der Waals surface area (Å²) in [5, 5.41) is 0. The number of nitrogens with one attached hydrogen (secondary N) is 1. The van der Waals surface area contributed by atoms with Gasteiger partial charge in [-0.1, -0.05) is 0 Å². The monoisotopic (exact) mass is 332 g/mol. The van der Waals surface area contributed by atoms with Gasteiger partial charge < -0.3 is 9.64 Å². The highest BCUT2D eigenvalue weighted by Crippen LogP contribution is 2.23. The predicted octanol–water partition coefficient (Wildman–Crippen LogP) is 1.68. The Hall–Kier alpha value is -1.03. The number of hydrogen-bond acceptors (Lipinski definition) is 4. The lowest BCUT2D eigenvalue weighted by Crippen LogP contribution is -2.40. The second-order valence-corrected chi connectivity index (χ2v) is 7.64. The molecule has 0 aromatic heterocycles. The van der Waals surface area contributed by atoms with E-state index < -0.39 is 27.2 Å². The Morgan fingerprint density at radius 1 is 1.33 bits per heavy atom. The number of carbonyl (C=O) groups excluding carboxylic acids is 1. The van der Waals surface area contributed by atoms with Crippen LogP contribution in [0.4, 0.5) is 18.0 Å². The van der Waals surface area contributed by atoms with Gasteiger partial charge in [-0.25, -0.2) is 17.9 Å². The average Bonchev–Trinajstić information content (AvgIpc) is 2.71. The van der Waals surface area contributed by atoms with Crippen LogP contribution in [0.3, 0.4) is 0 Å². The highest BCUT2D eigenvalue weighted by atomic mass is 32.2. The van der Waals surface area contributed by atoms with Gasteiger partial charge in [0.1, 0.15) is 5.60 Å². The number of sulfonamides is 1. The Morgan fingerprint density at radius 2 is 1.90 bits per heavy atom. The summed E-state index contributed by atoms with van der Waals surface area (Å²) >= 11 is 0. The van der Waals surface area contributed by atoms with Crippen LogP contribution in [0.1, 0.15) is 27.2 Å². The molecule has 6 nitrogen and oxygen atoms in total. The molecule has 0 bridgehead atoms. The van der Waals surface area contributed by atoms with Gasteiger partial charge in [0.05, 0.1) is 0 Å². The third-order valence-electron chi connectivity index (χ3n) is 2.80. The van der Waals surface area contributed by atoms with E-state index in [1.165, 1.54) is 9.62 Å². The maximum atomic E-state index is 12.2. The molecule has 1 heterocycles. The van der Waals surface area contributed by atoms with Crippen LogP contribution in [-0.4, -0.2) is 50.2 Å². The fraction of sp³-hybridized carbons (Fsp3) is 0.909. The summed E-state index contributed by atoms with van der Waals surface area (Å²) in [7, 11) is -5.34. The molecular weight excluding hydrogens is 313 g/mol. The Bertz CT molecular complexity index is 485. The molecule has 1 fully saturated rings. The number of nitrogens with zero attached hydrogens (tertiary/aromatic N) is 1. The minimum Gasteiger partial charge on any atom is -0.444 e. The third kappa shape index (κ3) is 5.34. The van der Waals surface area contributed by atoms with E-state index in [-0.39, 0.29) is 19.0 Å². The second-order valence-electron chi connectivity index (χ2n) is 5.88. The van der Waals surface area contributed by atoms with Crippen LogP contribution in [0.25, 0.3) is 0 Å². The molecule has 0 aliphatic carbocycles. The number of amides is 1. The number of alkyl halides is 3. The molecule has 1 amide bonds. The second kappa shape index (κ2) is 5.99. The van der Waals surface area contributed by atoms with E-state index in [2.05, 4.69) is 0 Å². The zero-order valence-electron chi connectivity index (χ0n) is 12.0. The molecule has 1 atom stereocenters. The molecule has 1 N–H and O–H groups in total. The molecule has 0 aromatic carbocycles. The van der Waals surface area contributed by atoms with Gasteiger partial charge in [0.25, 0.3) is 0 Å². The van der Waals surface area contributed by atoms with Crippen molar-refractivity contribution < 1.29 is 31.1 Å². The van der Waals surface area contributed by atoms with Gasteiger partial charge in [-0.05, 0) is 33.1 Å². The van der Waals surface area contributed by atoms with E-state index in [1.807, 2.05) is 0 Å². The molecule has 0 radical (unpaired) electrons. The Morgan fingerprint density at radius 3 is 2.38 bits per heavy atom. The van der Waals surface area contributed by atoms with Crippen LogP contribution in [0.5, 0.6) is 0 Å². The summed E-state index contributed by atoms with van der Waals surface area (Å²) < 4.78 is 64.9. The smallest absolute Gasteiger partial charge is 0.444 e. The first-order valence-corrected chi connectivity index (χ1v) is 7.84. The van der Waals surface area contributed by atoms with Gasteiger partial charge in [0.2, 0.25) is 0 Å². The number of rotatable bonds is 3. The number of carbonyl (C=O) groups is 1. The largest absolute Gasteiger partial charge is 0.511 e. The predicted molar refractivity (Wildman–Crippen MR) is 68.9 cm³/mol. The fourth-order valence-corrected chi connectivity index (χ4v) is 2.42. The molecule has 1 saturated heterocycles. The molecule has 10 heteroatoms. The number of ether oxygens (including phenoxy) is 1. The summed E-state index contributed by atoms with van der Waals surface area (Å²) in [6.07, 6.45) is -0.136. The SMILES string of the molecule is CC(C)(C)OC(=O)N1CCC(CNS(=O)(=O)C(F)(F)F)C1. The summed E-state index contributed by atoms with van der Waals surface area (Å²) in [5.74, 6) is -0.366. The first-order chi connectivity index (χ1) is 9.32. The van der Waals surface area contributed by atoms with Crippen LogP contribution in [0.2, 0.25) is 0 Å². The van der Waals surface area contributed by atoms with Crippen molar-refractivity contribution in [3.8, 4) is 0 Å². The van der Waals surface area contributed by atoms with Crippen molar-refractivity contribution in [2.75, 3.05) is 19.6 Å². The fourth-order valence-electron chi connectivity index (χ4n) is 1.80. The lowest BCUT2D eigenvalue weighted by atomic mass is 10.1. The topological polar surface area (TPSA) is 75.7 Å². The van der Waals surface area contributed by atoms with Gasteiger partial charge in [0, 0.05) is 19.6 Å². The quantitative estimate of drug-likeness (QED) is 0.853. The van der Waals surface area contributed by atoms with Crippen LogP contribution in [0, 0.1) is 5.92 Å². The van der Waals surface area contributed by atoms with Crippen LogP contribution >= 0.6 is 0 Å². The molecule has 124 valence electrons.